The Morgan fingerprint density at radius 2 is 1.59 bits per heavy atom. The average Bonchev–Trinajstić information content (AvgIpc) is 2.92. The van der Waals surface area contributed by atoms with Gasteiger partial charge in [0.25, 0.3) is 0 Å². The molecule has 0 fully saturated rings. The third kappa shape index (κ3) is 1.24. The normalized spacial score (nSPS) is 11.8. The van der Waals surface area contributed by atoms with E-state index < -0.39 is 0 Å². The summed E-state index contributed by atoms with van der Waals surface area (Å²) in [7, 11) is 0. The van der Waals surface area contributed by atoms with Crippen LogP contribution >= 0.6 is 22.7 Å². The third-order valence-corrected chi connectivity index (χ3v) is 5.09. The molecule has 2 aromatic carbocycles. The lowest BCUT2D eigenvalue weighted by Crippen LogP contribution is -1.73. The number of hydrogen-bond donors (Lipinski definition) is 1. The number of anilines is 1. The summed E-state index contributed by atoms with van der Waals surface area (Å²) in [5.41, 5.74) is 5.90. The van der Waals surface area contributed by atoms with Crippen molar-refractivity contribution >= 4 is 58.6 Å². The van der Waals surface area contributed by atoms with Gasteiger partial charge in [-0.1, -0.05) is 24.3 Å². The van der Waals surface area contributed by atoms with E-state index in [0.29, 0.717) is 0 Å². The summed E-state index contributed by atoms with van der Waals surface area (Å²) < 4.78 is 2.67. The predicted molar refractivity (Wildman–Crippen MR) is 79.1 cm³/mol. The van der Waals surface area contributed by atoms with Crippen molar-refractivity contribution in [1.29, 1.82) is 0 Å². The first-order valence-electron chi connectivity index (χ1n) is 5.41. The monoisotopic (exact) mass is 255 g/mol. The van der Waals surface area contributed by atoms with Crippen molar-refractivity contribution in [3.8, 4) is 0 Å². The van der Waals surface area contributed by atoms with Crippen LogP contribution in [0.3, 0.4) is 0 Å². The van der Waals surface area contributed by atoms with Crippen molar-refractivity contribution in [3.05, 3.63) is 41.8 Å². The molecular formula is C14H9NS2. The van der Waals surface area contributed by atoms with Gasteiger partial charge in [0, 0.05) is 20.2 Å². The summed E-state index contributed by atoms with van der Waals surface area (Å²) in [5.74, 6) is 0. The van der Waals surface area contributed by atoms with Gasteiger partial charge in [-0.2, -0.15) is 0 Å². The van der Waals surface area contributed by atoms with E-state index in [0.717, 1.165) is 5.00 Å². The molecular weight excluding hydrogens is 246 g/mol. The molecule has 4 aromatic rings. The molecule has 0 saturated heterocycles. The minimum absolute atomic E-state index is 0.888. The highest BCUT2D eigenvalue weighted by Gasteiger charge is 2.07. The van der Waals surface area contributed by atoms with Gasteiger partial charge in [-0.3, -0.25) is 0 Å². The van der Waals surface area contributed by atoms with Crippen LogP contribution in [0.4, 0.5) is 5.00 Å². The summed E-state index contributed by atoms with van der Waals surface area (Å²) >= 11 is 3.48. The Bertz CT molecular complexity index is 854. The number of hydrogen-bond acceptors (Lipinski definition) is 3. The quantitative estimate of drug-likeness (QED) is 0.477. The van der Waals surface area contributed by atoms with E-state index in [4.69, 9.17) is 5.73 Å². The van der Waals surface area contributed by atoms with E-state index in [2.05, 4.69) is 41.8 Å². The fourth-order valence-electron chi connectivity index (χ4n) is 2.35. The van der Waals surface area contributed by atoms with Gasteiger partial charge in [0.1, 0.15) is 0 Å². The van der Waals surface area contributed by atoms with Gasteiger partial charge in [-0.05, 0) is 28.3 Å². The van der Waals surface area contributed by atoms with Gasteiger partial charge >= 0.3 is 0 Å². The van der Waals surface area contributed by atoms with Gasteiger partial charge in [-0.25, -0.2) is 0 Å². The lowest BCUT2D eigenvalue weighted by atomic mass is 10.1. The maximum Gasteiger partial charge on any atom is 0.0869 e. The molecule has 0 unspecified atom stereocenters. The van der Waals surface area contributed by atoms with Crippen molar-refractivity contribution in [3.63, 3.8) is 0 Å². The molecule has 0 aliphatic carbocycles. The van der Waals surface area contributed by atoms with Crippen LogP contribution < -0.4 is 5.73 Å². The molecule has 0 spiro atoms. The smallest absolute Gasteiger partial charge is 0.0869 e. The number of nitrogens with two attached hydrogens (primary N) is 1. The molecule has 0 radical (unpaired) electrons. The summed E-state index contributed by atoms with van der Waals surface area (Å²) in [6.07, 6.45) is 0. The Morgan fingerprint density at radius 3 is 2.47 bits per heavy atom. The van der Waals surface area contributed by atoms with E-state index in [1.165, 1.54) is 30.9 Å². The van der Waals surface area contributed by atoms with Gasteiger partial charge in [0.05, 0.1) is 5.00 Å². The zero-order valence-electron chi connectivity index (χ0n) is 8.94. The van der Waals surface area contributed by atoms with E-state index in [-0.39, 0.29) is 0 Å². The van der Waals surface area contributed by atoms with Crippen LogP contribution in [0.1, 0.15) is 0 Å². The van der Waals surface area contributed by atoms with Crippen molar-refractivity contribution in [2.45, 2.75) is 0 Å². The van der Waals surface area contributed by atoms with E-state index in [9.17, 15) is 0 Å². The first-order chi connectivity index (χ1) is 8.33. The fraction of sp³-hybridized carbons (Fsp3) is 0. The predicted octanol–water partition coefficient (Wildman–Crippen LogP) is 4.85. The Labute approximate surface area is 106 Å². The molecule has 2 heterocycles. The second-order valence-electron chi connectivity index (χ2n) is 4.13. The molecule has 0 aliphatic heterocycles. The van der Waals surface area contributed by atoms with Crippen molar-refractivity contribution < 1.29 is 0 Å². The summed E-state index contributed by atoms with van der Waals surface area (Å²) in [4.78, 5) is 0. The van der Waals surface area contributed by atoms with Crippen LogP contribution in [-0.2, 0) is 0 Å². The molecule has 2 N–H and O–H groups in total. The number of fused-ring (bicyclic) bond motifs is 5. The molecule has 0 amide bonds. The Balaban J connectivity index is 2.33. The van der Waals surface area contributed by atoms with Crippen LogP contribution in [0.2, 0.25) is 0 Å². The summed E-state index contributed by atoms with van der Waals surface area (Å²) in [5, 5.41) is 8.27. The molecule has 0 saturated carbocycles. The highest BCUT2D eigenvalue weighted by molar-refractivity contribution is 7.23. The van der Waals surface area contributed by atoms with Crippen LogP contribution in [0.25, 0.3) is 30.9 Å². The lowest BCUT2D eigenvalue weighted by Gasteiger charge is -2.00. The zero-order chi connectivity index (χ0) is 11.4. The molecule has 0 aliphatic rings. The van der Waals surface area contributed by atoms with E-state index in [1.807, 2.05) is 0 Å². The topological polar surface area (TPSA) is 26.0 Å². The van der Waals surface area contributed by atoms with Gasteiger partial charge in [-0.15, -0.1) is 22.7 Å². The molecule has 2 aromatic heterocycles. The Kier molecular flexibility index (Phi) is 1.79. The highest BCUT2D eigenvalue weighted by Crippen LogP contribution is 2.38. The largest absolute Gasteiger partial charge is 0.391 e. The number of thiophene rings is 2. The highest BCUT2D eigenvalue weighted by atomic mass is 32.1. The first kappa shape index (κ1) is 9.45. The molecule has 4 rings (SSSR count). The fourth-order valence-corrected chi connectivity index (χ4v) is 4.23. The van der Waals surface area contributed by atoms with Crippen molar-refractivity contribution in [2.24, 2.45) is 0 Å². The van der Waals surface area contributed by atoms with Crippen molar-refractivity contribution in [2.75, 3.05) is 5.73 Å². The number of nitrogen functional groups attached to an aromatic ring is 1. The van der Waals surface area contributed by atoms with Crippen molar-refractivity contribution in [1.82, 2.24) is 0 Å². The van der Waals surface area contributed by atoms with Gasteiger partial charge < -0.3 is 5.73 Å². The molecule has 1 nitrogen and oxygen atoms in total. The molecule has 82 valence electrons. The minimum Gasteiger partial charge on any atom is -0.391 e. The van der Waals surface area contributed by atoms with E-state index in [1.54, 1.807) is 22.7 Å². The number of benzene rings is 2. The van der Waals surface area contributed by atoms with Crippen LogP contribution in [0.5, 0.6) is 0 Å². The van der Waals surface area contributed by atoms with Crippen LogP contribution in [-0.4, -0.2) is 0 Å². The zero-order valence-corrected chi connectivity index (χ0v) is 10.6. The van der Waals surface area contributed by atoms with Crippen LogP contribution in [0.15, 0.2) is 41.8 Å². The maximum absolute atomic E-state index is 5.90. The Hall–Kier alpha value is -1.58. The third-order valence-electron chi connectivity index (χ3n) is 3.11. The van der Waals surface area contributed by atoms with Crippen LogP contribution in [0, 0.1) is 0 Å². The maximum atomic E-state index is 5.90. The van der Waals surface area contributed by atoms with E-state index >= 15 is 0 Å². The SMILES string of the molecule is Nc1cc2ccc3c(ccc4ccsc43)c2s1. The molecule has 0 atom stereocenters. The standard InChI is InChI=1S/C14H9NS2/c15-12-7-9-2-4-10-11(14(9)17-12)3-1-8-5-6-16-13(8)10/h1-7H,15H2. The molecule has 3 heteroatoms. The van der Waals surface area contributed by atoms with Gasteiger partial charge in [0.15, 0.2) is 0 Å². The first-order valence-corrected chi connectivity index (χ1v) is 7.10. The average molecular weight is 255 g/mol. The lowest BCUT2D eigenvalue weighted by molar-refractivity contribution is 1.92. The second-order valence-corrected chi connectivity index (χ2v) is 6.13. The summed E-state index contributed by atoms with van der Waals surface area (Å²) in [6, 6.07) is 13.0. The minimum atomic E-state index is 0.888. The summed E-state index contributed by atoms with van der Waals surface area (Å²) in [6.45, 7) is 0. The Morgan fingerprint density at radius 1 is 0.824 bits per heavy atom. The second kappa shape index (κ2) is 3.22. The molecule has 17 heavy (non-hydrogen) atoms. The number of rotatable bonds is 0. The van der Waals surface area contributed by atoms with Gasteiger partial charge in [0.2, 0.25) is 0 Å². The molecule has 0 bridgehead atoms.